The van der Waals surface area contributed by atoms with Crippen molar-refractivity contribution >= 4 is 5.82 Å². The molecule has 20 heavy (non-hydrogen) atoms. The summed E-state index contributed by atoms with van der Waals surface area (Å²) in [5.41, 5.74) is 8.88. The van der Waals surface area contributed by atoms with Gasteiger partial charge in [-0.2, -0.15) is 5.10 Å². The van der Waals surface area contributed by atoms with Gasteiger partial charge in [-0.15, -0.1) is 0 Å². The minimum Gasteiger partial charge on any atom is -0.497 e. The standard InChI is InChI=1S/C15H21N3O2/c1-9(2)5-13-14(17-18-15(13)16)10-6-11(19-3)8-12(7-10)20-4/h6-9H,5H2,1-4H3,(H3,16,17,18). The molecular formula is C15H21N3O2. The molecule has 0 aliphatic heterocycles. The number of methoxy groups -OCH3 is 2. The summed E-state index contributed by atoms with van der Waals surface area (Å²) in [6.45, 7) is 4.31. The Kier molecular flexibility index (Phi) is 4.17. The maximum absolute atomic E-state index is 5.96. The first kappa shape index (κ1) is 14.2. The minimum atomic E-state index is 0.501. The predicted molar refractivity (Wildman–Crippen MR) is 80.1 cm³/mol. The van der Waals surface area contributed by atoms with E-state index in [-0.39, 0.29) is 0 Å². The first-order valence-corrected chi connectivity index (χ1v) is 6.61. The van der Waals surface area contributed by atoms with Crippen LogP contribution in [0.5, 0.6) is 11.5 Å². The van der Waals surface area contributed by atoms with E-state index in [9.17, 15) is 0 Å². The number of hydrogen-bond donors (Lipinski definition) is 2. The van der Waals surface area contributed by atoms with Crippen LogP contribution in [0.25, 0.3) is 11.3 Å². The van der Waals surface area contributed by atoms with Gasteiger partial charge in [-0.1, -0.05) is 13.8 Å². The molecule has 5 heteroatoms. The summed E-state index contributed by atoms with van der Waals surface area (Å²) in [6.07, 6.45) is 0.872. The van der Waals surface area contributed by atoms with E-state index in [2.05, 4.69) is 24.0 Å². The molecule has 3 N–H and O–H groups in total. The molecule has 5 nitrogen and oxygen atoms in total. The zero-order valence-corrected chi connectivity index (χ0v) is 12.4. The molecule has 0 saturated carbocycles. The number of nitrogens with two attached hydrogens (primary N) is 1. The molecule has 0 bridgehead atoms. The zero-order valence-electron chi connectivity index (χ0n) is 12.4. The van der Waals surface area contributed by atoms with Gasteiger partial charge in [0.25, 0.3) is 0 Å². The Morgan fingerprint density at radius 2 is 1.75 bits per heavy atom. The van der Waals surface area contributed by atoms with Gasteiger partial charge in [0.05, 0.1) is 19.9 Å². The topological polar surface area (TPSA) is 73.2 Å². The average molecular weight is 275 g/mol. The summed E-state index contributed by atoms with van der Waals surface area (Å²) in [5.74, 6) is 2.53. The van der Waals surface area contributed by atoms with E-state index in [1.807, 2.05) is 18.2 Å². The van der Waals surface area contributed by atoms with Crippen molar-refractivity contribution in [2.45, 2.75) is 20.3 Å². The molecule has 1 aromatic heterocycles. The van der Waals surface area contributed by atoms with Gasteiger partial charge in [-0.25, -0.2) is 0 Å². The van der Waals surface area contributed by atoms with Crippen molar-refractivity contribution in [2.24, 2.45) is 5.92 Å². The maximum atomic E-state index is 5.96. The van der Waals surface area contributed by atoms with Crippen molar-refractivity contribution < 1.29 is 9.47 Å². The summed E-state index contributed by atoms with van der Waals surface area (Å²) < 4.78 is 10.6. The summed E-state index contributed by atoms with van der Waals surface area (Å²) in [6, 6.07) is 5.73. The summed E-state index contributed by atoms with van der Waals surface area (Å²) in [5, 5.41) is 7.14. The molecule has 0 spiro atoms. The fourth-order valence-electron chi connectivity index (χ4n) is 2.18. The van der Waals surface area contributed by atoms with Crippen molar-refractivity contribution in [2.75, 3.05) is 20.0 Å². The minimum absolute atomic E-state index is 0.501. The first-order chi connectivity index (χ1) is 9.55. The number of benzene rings is 1. The lowest BCUT2D eigenvalue weighted by atomic mass is 9.99. The van der Waals surface area contributed by atoms with Crippen molar-refractivity contribution in [3.63, 3.8) is 0 Å². The van der Waals surface area contributed by atoms with Crippen LogP contribution in [0.1, 0.15) is 19.4 Å². The van der Waals surface area contributed by atoms with Crippen LogP contribution in [0.4, 0.5) is 5.82 Å². The van der Waals surface area contributed by atoms with Crippen molar-refractivity contribution in [3.05, 3.63) is 23.8 Å². The van der Waals surface area contributed by atoms with E-state index in [0.29, 0.717) is 11.7 Å². The third kappa shape index (κ3) is 2.87. The Morgan fingerprint density at radius 3 is 2.25 bits per heavy atom. The predicted octanol–water partition coefficient (Wildman–Crippen LogP) is 2.87. The molecule has 0 radical (unpaired) electrons. The zero-order chi connectivity index (χ0) is 14.7. The largest absolute Gasteiger partial charge is 0.497 e. The fourth-order valence-corrected chi connectivity index (χ4v) is 2.18. The molecule has 0 aliphatic carbocycles. The lowest BCUT2D eigenvalue weighted by Crippen LogP contribution is -1.99. The van der Waals surface area contributed by atoms with E-state index in [1.54, 1.807) is 14.2 Å². The van der Waals surface area contributed by atoms with Gasteiger partial charge in [-0.05, 0) is 24.5 Å². The van der Waals surface area contributed by atoms with Gasteiger partial charge in [0.15, 0.2) is 0 Å². The molecule has 2 aromatic rings. The van der Waals surface area contributed by atoms with Gasteiger partial charge < -0.3 is 15.2 Å². The fraction of sp³-hybridized carbons (Fsp3) is 0.400. The molecule has 0 unspecified atom stereocenters. The van der Waals surface area contributed by atoms with Gasteiger partial charge in [0.2, 0.25) is 0 Å². The van der Waals surface area contributed by atoms with Gasteiger partial charge >= 0.3 is 0 Å². The van der Waals surface area contributed by atoms with E-state index in [1.165, 1.54) is 0 Å². The second-order valence-corrected chi connectivity index (χ2v) is 5.16. The molecule has 0 saturated heterocycles. The Labute approximate surface area is 119 Å². The second kappa shape index (κ2) is 5.86. The average Bonchev–Trinajstić information content (AvgIpc) is 2.79. The molecule has 108 valence electrons. The summed E-state index contributed by atoms with van der Waals surface area (Å²) in [4.78, 5) is 0. The van der Waals surface area contributed by atoms with Gasteiger partial charge in [-0.3, -0.25) is 5.10 Å². The quantitative estimate of drug-likeness (QED) is 0.880. The third-order valence-electron chi connectivity index (χ3n) is 3.15. The van der Waals surface area contributed by atoms with Crippen molar-refractivity contribution in [1.29, 1.82) is 0 Å². The van der Waals surface area contributed by atoms with Gasteiger partial charge in [0.1, 0.15) is 17.3 Å². The number of aromatic amines is 1. The Morgan fingerprint density at radius 1 is 1.15 bits per heavy atom. The Hall–Kier alpha value is -2.17. The smallest absolute Gasteiger partial charge is 0.149 e. The van der Waals surface area contributed by atoms with Crippen LogP contribution in [0, 0.1) is 5.92 Å². The monoisotopic (exact) mass is 275 g/mol. The van der Waals surface area contributed by atoms with Crippen molar-refractivity contribution in [1.82, 2.24) is 10.2 Å². The summed E-state index contributed by atoms with van der Waals surface area (Å²) in [7, 11) is 3.27. The molecule has 0 fully saturated rings. The van der Waals surface area contributed by atoms with Crippen LogP contribution in [-0.2, 0) is 6.42 Å². The van der Waals surface area contributed by atoms with Crippen molar-refractivity contribution in [3.8, 4) is 22.8 Å². The van der Waals surface area contributed by atoms with Crippen LogP contribution in [-0.4, -0.2) is 24.4 Å². The van der Waals surface area contributed by atoms with Crippen LogP contribution in [0.2, 0.25) is 0 Å². The van der Waals surface area contributed by atoms with Crippen LogP contribution in [0.15, 0.2) is 18.2 Å². The molecule has 1 aromatic carbocycles. The van der Waals surface area contributed by atoms with E-state index < -0.39 is 0 Å². The van der Waals surface area contributed by atoms with Gasteiger partial charge in [0, 0.05) is 17.2 Å². The van der Waals surface area contributed by atoms with Crippen LogP contribution >= 0.6 is 0 Å². The SMILES string of the molecule is COc1cc(OC)cc(-c2[nH]nc(N)c2CC(C)C)c1. The number of nitrogens with one attached hydrogen (secondary N) is 1. The molecule has 1 heterocycles. The third-order valence-corrected chi connectivity index (χ3v) is 3.15. The lowest BCUT2D eigenvalue weighted by Gasteiger charge is -2.10. The van der Waals surface area contributed by atoms with E-state index in [0.717, 1.165) is 34.7 Å². The van der Waals surface area contributed by atoms with E-state index >= 15 is 0 Å². The number of nitrogens with zero attached hydrogens (tertiary/aromatic N) is 1. The van der Waals surface area contributed by atoms with Crippen LogP contribution in [0.3, 0.4) is 0 Å². The number of rotatable bonds is 5. The molecule has 2 rings (SSSR count). The number of hydrogen-bond acceptors (Lipinski definition) is 4. The molecule has 0 aliphatic rings. The highest BCUT2D eigenvalue weighted by Gasteiger charge is 2.15. The number of nitrogen functional groups attached to an aromatic ring is 1. The molecule has 0 amide bonds. The maximum Gasteiger partial charge on any atom is 0.149 e. The highest BCUT2D eigenvalue weighted by Crippen LogP contribution is 2.33. The highest BCUT2D eigenvalue weighted by atomic mass is 16.5. The molecule has 0 atom stereocenters. The normalized spacial score (nSPS) is 10.8. The second-order valence-electron chi connectivity index (χ2n) is 5.16. The Bertz CT molecular complexity index is 569. The number of ether oxygens (including phenoxy) is 2. The highest BCUT2D eigenvalue weighted by molar-refractivity contribution is 5.70. The number of aromatic nitrogens is 2. The molecular weight excluding hydrogens is 254 g/mol. The van der Waals surface area contributed by atoms with E-state index in [4.69, 9.17) is 15.2 Å². The summed E-state index contributed by atoms with van der Waals surface area (Å²) >= 11 is 0. The number of anilines is 1. The lowest BCUT2D eigenvalue weighted by molar-refractivity contribution is 0.394. The number of H-pyrrole nitrogens is 1. The van der Waals surface area contributed by atoms with Crippen LogP contribution < -0.4 is 15.2 Å². The Balaban J connectivity index is 2.50. The first-order valence-electron chi connectivity index (χ1n) is 6.61.